The Morgan fingerprint density at radius 2 is 2.31 bits per heavy atom. The van der Waals surface area contributed by atoms with Gasteiger partial charge in [0.05, 0.1) is 0 Å². The highest BCUT2D eigenvalue weighted by Gasteiger charge is 2.02. The lowest BCUT2D eigenvalue weighted by molar-refractivity contribution is -0.144. The largest absolute Gasteiger partial charge is 0.479 e. The van der Waals surface area contributed by atoms with Gasteiger partial charge in [-0.1, -0.05) is 6.07 Å². The standard InChI is InChI=1S/C9H11N3O4/c13-8(14)6-16-12-9(15)11-5-7-2-1-3-10-4-7/h1-4H,5-6H2,(H,13,14)(H2,11,12,15). The molecule has 0 radical (unpaired) electrons. The quantitative estimate of drug-likeness (QED) is 0.607. The molecule has 3 N–H and O–H groups in total. The highest BCUT2D eigenvalue weighted by atomic mass is 16.7. The molecule has 0 aliphatic heterocycles. The van der Waals surface area contributed by atoms with Gasteiger partial charge in [-0.25, -0.2) is 15.1 Å². The normalized spacial score (nSPS) is 9.50. The first-order valence-electron chi connectivity index (χ1n) is 4.45. The van der Waals surface area contributed by atoms with E-state index in [2.05, 4.69) is 15.1 Å². The molecule has 1 aromatic rings. The van der Waals surface area contributed by atoms with Crippen molar-refractivity contribution in [2.24, 2.45) is 0 Å². The van der Waals surface area contributed by atoms with Crippen LogP contribution < -0.4 is 10.8 Å². The molecule has 2 amide bonds. The van der Waals surface area contributed by atoms with Crippen LogP contribution >= 0.6 is 0 Å². The lowest BCUT2D eigenvalue weighted by atomic mass is 10.3. The molecule has 7 nitrogen and oxygen atoms in total. The first kappa shape index (κ1) is 11.9. The third-order valence-corrected chi connectivity index (χ3v) is 1.54. The zero-order valence-electron chi connectivity index (χ0n) is 8.34. The van der Waals surface area contributed by atoms with Gasteiger partial charge in [0, 0.05) is 18.9 Å². The minimum atomic E-state index is -1.16. The number of carbonyl (C=O) groups is 2. The molecule has 0 bridgehead atoms. The monoisotopic (exact) mass is 225 g/mol. The third-order valence-electron chi connectivity index (χ3n) is 1.54. The van der Waals surface area contributed by atoms with Crippen molar-refractivity contribution < 1.29 is 19.5 Å². The van der Waals surface area contributed by atoms with E-state index < -0.39 is 18.6 Å². The van der Waals surface area contributed by atoms with Crippen LogP contribution in [0.15, 0.2) is 24.5 Å². The average molecular weight is 225 g/mol. The molecular formula is C9H11N3O4. The van der Waals surface area contributed by atoms with Gasteiger partial charge >= 0.3 is 12.0 Å². The number of carboxylic acid groups (broad SMARTS) is 1. The van der Waals surface area contributed by atoms with Crippen LogP contribution in [0.25, 0.3) is 0 Å². The predicted molar refractivity (Wildman–Crippen MR) is 53.2 cm³/mol. The molecule has 7 heteroatoms. The molecule has 1 rings (SSSR count). The summed E-state index contributed by atoms with van der Waals surface area (Å²) in [6, 6.07) is 2.94. The zero-order chi connectivity index (χ0) is 11.8. The van der Waals surface area contributed by atoms with E-state index in [-0.39, 0.29) is 6.54 Å². The third kappa shape index (κ3) is 4.91. The number of nitrogens with one attached hydrogen (secondary N) is 2. The summed E-state index contributed by atoms with van der Waals surface area (Å²) >= 11 is 0. The van der Waals surface area contributed by atoms with Gasteiger partial charge in [0.1, 0.15) is 0 Å². The molecule has 0 atom stereocenters. The highest BCUT2D eigenvalue weighted by molar-refractivity contribution is 5.73. The van der Waals surface area contributed by atoms with E-state index in [4.69, 9.17) is 5.11 Å². The Bertz CT molecular complexity index is 355. The molecule has 0 saturated carbocycles. The number of nitrogens with zero attached hydrogens (tertiary/aromatic N) is 1. The first-order valence-corrected chi connectivity index (χ1v) is 4.45. The number of pyridine rings is 1. The average Bonchev–Trinajstić information content (AvgIpc) is 2.27. The molecule has 0 aromatic carbocycles. The Morgan fingerprint density at radius 1 is 1.50 bits per heavy atom. The highest BCUT2D eigenvalue weighted by Crippen LogP contribution is 1.93. The van der Waals surface area contributed by atoms with Crippen molar-refractivity contribution >= 4 is 12.0 Å². The van der Waals surface area contributed by atoms with Gasteiger partial charge in [0.2, 0.25) is 0 Å². The summed E-state index contributed by atoms with van der Waals surface area (Å²) < 4.78 is 0. The molecule has 0 fully saturated rings. The van der Waals surface area contributed by atoms with Gasteiger partial charge in [-0.3, -0.25) is 9.82 Å². The van der Waals surface area contributed by atoms with Gasteiger partial charge in [0.25, 0.3) is 0 Å². The fourth-order valence-electron chi connectivity index (χ4n) is 0.884. The number of rotatable bonds is 5. The van der Waals surface area contributed by atoms with Gasteiger partial charge in [0.15, 0.2) is 6.61 Å². The minimum Gasteiger partial charge on any atom is -0.479 e. The maximum absolute atomic E-state index is 11.0. The second-order valence-corrected chi connectivity index (χ2v) is 2.83. The van der Waals surface area contributed by atoms with Crippen LogP contribution in [0.4, 0.5) is 4.79 Å². The van der Waals surface area contributed by atoms with E-state index in [0.29, 0.717) is 0 Å². The van der Waals surface area contributed by atoms with E-state index in [1.54, 1.807) is 24.5 Å². The van der Waals surface area contributed by atoms with E-state index in [9.17, 15) is 9.59 Å². The Labute approximate surface area is 91.4 Å². The van der Waals surface area contributed by atoms with Crippen LogP contribution in [0.5, 0.6) is 0 Å². The Balaban J connectivity index is 2.18. The van der Waals surface area contributed by atoms with Crippen molar-refractivity contribution in [2.75, 3.05) is 6.61 Å². The fraction of sp³-hybridized carbons (Fsp3) is 0.222. The van der Waals surface area contributed by atoms with Crippen LogP contribution in [-0.4, -0.2) is 28.7 Å². The van der Waals surface area contributed by atoms with Crippen molar-refractivity contribution in [3.63, 3.8) is 0 Å². The summed E-state index contributed by atoms with van der Waals surface area (Å²) in [5.41, 5.74) is 2.76. The van der Waals surface area contributed by atoms with Crippen molar-refractivity contribution in [1.82, 2.24) is 15.8 Å². The molecule has 1 heterocycles. The Hall–Kier alpha value is -2.15. The topological polar surface area (TPSA) is 101 Å². The molecule has 86 valence electrons. The summed E-state index contributed by atoms with van der Waals surface area (Å²) in [6.07, 6.45) is 3.23. The van der Waals surface area contributed by atoms with E-state index >= 15 is 0 Å². The predicted octanol–water partition coefficient (Wildman–Crippen LogP) is -0.103. The van der Waals surface area contributed by atoms with Crippen molar-refractivity contribution in [2.45, 2.75) is 6.54 Å². The van der Waals surface area contributed by atoms with Crippen molar-refractivity contribution in [3.8, 4) is 0 Å². The van der Waals surface area contributed by atoms with Crippen molar-refractivity contribution in [1.29, 1.82) is 0 Å². The smallest absolute Gasteiger partial charge is 0.338 e. The second-order valence-electron chi connectivity index (χ2n) is 2.83. The van der Waals surface area contributed by atoms with E-state index in [1.165, 1.54) is 0 Å². The summed E-state index contributed by atoms with van der Waals surface area (Å²) in [5, 5.41) is 10.7. The van der Waals surface area contributed by atoms with Crippen LogP contribution in [-0.2, 0) is 16.2 Å². The molecular weight excluding hydrogens is 214 g/mol. The summed E-state index contributed by atoms with van der Waals surface area (Å²) in [4.78, 5) is 29.3. The van der Waals surface area contributed by atoms with Crippen LogP contribution in [0.2, 0.25) is 0 Å². The lowest BCUT2D eigenvalue weighted by Gasteiger charge is -2.05. The van der Waals surface area contributed by atoms with Gasteiger partial charge in [-0.05, 0) is 11.6 Å². The summed E-state index contributed by atoms with van der Waals surface area (Å²) in [6.45, 7) is -0.295. The maximum atomic E-state index is 11.0. The number of aromatic nitrogens is 1. The maximum Gasteiger partial charge on any atom is 0.338 e. The Morgan fingerprint density at radius 3 is 2.94 bits per heavy atom. The summed E-state index contributed by atoms with van der Waals surface area (Å²) in [7, 11) is 0. The molecule has 0 unspecified atom stereocenters. The van der Waals surface area contributed by atoms with Gasteiger partial charge < -0.3 is 10.4 Å². The molecule has 0 spiro atoms. The number of carbonyl (C=O) groups excluding carboxylic acids is 1. The molecule has 16 heavy (non-hydrogen) atoms. The molecule has 0 saturated heterocycles. The van der Waals surface area contributed by atoms with Crippen LogP contribution in [0.3, 0.4) is 0 Å². The SMILES string of the molecule is O=C(O)CONC(=O)NCc1cccnc1. The number of urea groups is 1. The number of hydrogen-bond donors (Lipinski definition) is 3. The summed E-state index contributed by atoms with van der Waals surface area (Å²) in [5.74, 6) is -1.16. The Kier molecular flexibility index (Phi) is 4.74. The van der Waals surface area contributed by atoms with Crippen LogP contribution in [0, 0.1) is 0 Å². The molecule has 0 aliphatic carbocycles. The van der Waals surface area contributed by atoms with Crippen LogP contribution in [0.1, 0.15) is 5.56 Å². The van der Waals surface area contributed by atoms with Gasteiger partial charge in [-0.2, -0.15) is 0 Å². The fourth-order valence-corrected chi connectivity index (χ4v) is 0.884. The lowest BCUT2D eigenvalue weighted by Crippen LogP contribution is -2.36. The van der Waals surface area contributed by atoms with E-state index in [0.717, 1.165) is 5.56 Å². The van der Waals surface area contributed by atoms with Gasteiger partial charge in [-0.15, -0.1) is 0 Å². The van der Waals surface area contributed by atoms with Crippen molar-refractivity contribution in [3.05, 3.63) is 30.1 Å². The number of carboxylic acids is 1. The number of amides is 2. The molecule has 1 aromatic heterocycles. The molecule has 0 aliphatic rings. The minimum absolute atomic E-state index is 0.288. The number of aliphatic carboxylic acids is 1. The second kappa shape index (κ2) is 6.36. The van der Waals surface area contributed by atoms with E-state index in [1.807, 2.05) is 5.48 Å². The zero-order valence-corrected chi connectivity index (χ0v) is 8.34. The number of hydrogen-bond acceptors (Lipinski definition) is 4. The first-order chi connectivity index (χ1) is 7.68. The number of hydroxylamine groups is 1.